The standard InChI is InChI=1S/C15H18N2O/c1-5-12-11(4)16-14(17-15(12)18)13-7-6-9(2)8-10(13)3/h6-8H,5H2,1-4H3,(H,16,17,18). The minimum Gasteiger partial charge on any atom is -0.306 e. The lowest BCUT2D eigenvalue weighted by atomic mass is 10.0. The summed E-state index contributed by atoms with van der Waals surface area (Å²) >= 11 is 0. The Morgan fingerprint density at radius 3 is 2.50 bits per heavy atom. The zero-order valence-electron chi connectivity index (χ0n) is 11.3. The first-order valence-electron chi connectivity index (χ1n) is 6.20. The van der Waals surface area contributed by atoms with Crippen LogP contribution in [0, 0.1) is 20.8 Å². The highest BCUT2D eigenvalue weighted by atomic mass is 16.1. The van der Waals surface area contributed by atoms with Gasteiger partial charge in [0.1, 0.15) is 5.82 Å². The first-order valence-corrected chi connectivity index (χ1v) is 6.20. The van der Waals surface area contributed by atoms with Crippen LogP contribution in [0.5, 0.6) is 0 Å². The second-order valence-corrected chi connectivity index (χ2v) is 4.65. The Kier molecular flexibility index (Phi) is 3.32. The number of H-pyrrole nitrogens is 1. The van der Waals surface area contributed by atoms with Gasteiger partial charge in [-0.3, -0.25) is 4.79 Å². The Labute approximate surface area is 107 Å². The number of aromatic nitrogens is 2. The van der Waals surface area contributed by atoms with Gasteiger partial charge < -0.3 is 4.98 Å². The smallest absolute Gasteiger partial charge is 0.254 e. The topological polar surface area (TPSA) is 45.8 Å². The number of rotatable bonds is 2. The fourth-order valence-electron chi connectivity index (χ4n) is 2.23. The van der Waals surface area contributed by atoms with Crippen LogP contribution in [0.25, 0.3) is 11.4 Å². The van der Waals surface area contributed by atoms with Gasteiger partial charge in [-0.05, 0) is 32.8 Å². The molecule has 0 aliphatic heterocycles. The molecule has 0 aliphatic carbocycles. The first-order chi connectivity index (χ1) is 8.52. The van der Waals surface area contributed by atoms with Crippen LogP contribution in [0.3, 0.4) is 0 Å². The van der Waals surface area contributed by atoms with E-state index in [2.05, 4.69) is 23.0 Å². The molecule has 0 atom stereocenters. The molecule has 0 amide bonds. The van der Waals surface area contributed by atoms with E-state index in [0.717, 1.165) is 22.4 Å². The molecular weight excluding hydrogens is 224 g/mol. The fraction of sp³-hybridized carbons (Fsp3) is 0.333. The number of nitrogens with one attached hydrogen (secondary N) is 1. The molecule has 1 heterocycles. The Hall–Kier alpha value is -1.90. The lowest BCUT2D eigenvalue weighted by molar-refractivity contribution is 0.966. The zero-order valence-corrected chi connectivity index (χ0v) is 11.3. The van der Waals surface area contributed by atoms with Gasteiger partial charge in [0.25, 0.3) is 5.56 Å². The molecule has 0 radical (unpaired) electrons. The van der Waals surface area contributed by atoms with Gasteiger partial charge in [-0.25, -0.2) is 4.98 Å². The highest BCUT2D eigenvalue weighted by Crippen LogP contribution is 2.20. The van der Waals surface area contributed by atoms with Crippen LogP contribution in [0.15, 0.2) is 23.0 Å². The number of benzene rings is 1. The van der Waals surface area contributed by atoms with E-state index < -0.39 is 0 Å². The second-order valence-electron chi connectivity index (χ2n) is 4.65. The molecule has 94 valence electrons. The quantitative estimate of drug-likeness (QED) is 0.880. The van der Waals surface area contributed by atoms with E-state index in [1.54, 1.807) is 0 Å². The van der Waals surface area contributed by atoms with Crippen molar-refractivity contribution in [2.75, 3.05) is 0 Å². The lowest BCUT2D eigenvalue weighted by Crippen LogP contribution is -2.16. The summed E-state index contributed by atoms with van der Waals surface area (Å²) in [6.45, 7) is 7.95. The maximum absolute atomic E-state index is 11.9. The Morgan fingerprint density at radius 2 is 1.94 bits per heavy atom. The SMILES string of the molecule is CCc1c(C)nc(-c2ccc(C)cc2C)[nH]c1=O. The van der Waals surface area contributed by atoms with Crippen LogP contribution < -0.4 is 5.56 Å². The summed E-state index contributed by atoms with van der Waals surface area (Å²) in [5.41, 5.74) is 4.88. The predicted octanol–water partition coefficient (Wildman–Crippen LogP) is 2.92. The highest BCUT2D eigenvalue weighted by Gasteiger charge is 2.09. The third-order valence-electron chi connectivity index (χ3n) is 3.21. The van der Waals surface area contributed by atoms with Gasteiger partial charge in [0.2, 0.25) is 0 Å². The van der Waals surface area contributed by atoms with Crippen LogP contribution in [-0.4, -0.2) is 9.97 Å². The Morgan fingerprint density at radius 1 is 1.22 bits per heavy atom. The third-order valence-corrected chi connectivity index (χ3v) is 3.21. The molecule has 0 fully saturated rings. The number of aryl methyl sites for hydroxylation is 3. The lowest BCUT2D eigenvalue weighted by Gasteiger charge is -2.08. The van der Waals surface area contributed by atoms with Crippen molar-refractivity contribution in [1.82, 2.24) is 9.97 Å². The van der Waals surface area contributed by atoms with Gasteiger partial charge in [-0.15, -0.1) is 0 Å². The number of nitrogens with zero attached hydrogens (tertiary/aromatic N) is 1. The zero-order chi connectivity index (χ0) is 13.3. The van der Waals surface area contributed by atoms with Crippen LogP contribution in [-0.2, 0) is 6.42 Å². The van der Waals surface area contributed by atoms with Gasteiger partial charge in [0, 0.05) is 16.8 Å². The van der Waals surface area contributed by atoms with Crippen LogP contribution >= 0.6 is 0 Å². The Bertz CT molecular complexity index is 641. The van der Waals surface area contributed by atoms with Crippen LogP contribution in [0.4, 0.5) is 0 Å². The van der Waals surface area contributed by atoms with Crippen molar-refractivity contribution in [2.45, 2.75) is 34.1 Å². The summed E-state index contributed by atoms with van der Waals surface area (Å²) < 4.78 is 0. The molecule has 2 aromatic rings. The predicted molar refractivity (Wildman–Crippen MR) is 73.9 cm³/mol. The van der Waals surface area contributed by atoms with E-state index in [9.17, 15) is 4.79 Å². The molecule has 3 heteroatoms. The van der Waals surface area contributed by atoms with Crippen molar-refractivity contribution in [1.29, 1.82) is 0 Å². The number of hydrogen-bond donors (Lipinski definition) is 1. The maximum atomic E-state index is 11.9. The molecule has 2 rings (SSSR count). The molecule has 0 spiro atoms. The van der Waals surface area contributed by atoms with E-state index in [-0.39, 0.29) is 5.56 Å². The van der Waals surface area contributed by atoms with Gasteiger partial charge in [-0.2, -0.15) is 0 Å². The van der Waals surface area contributed by atoms with Gasteiger partial charge in [0.15, 0.2) is 0 Å². The molecular formula is C15H18N2O. The van der Waals surface area contributed by atoms with Gasteiger partial charge >= 0.3 is 0 Å². The van der Waals surface area contributed by atoms with Crippen molar-refractivity contribution < 1.29 is 0 Å². The molecule has 0 aliphatic rings. The molecule has 3 nitrogen and oxygen atoms in total. The van der Waals surface area contributed by atoms with Crippen molar-refractivity contribution in [2.24, 2.45) is 0 Å². The van der Waals surface area contributed by atoms with E-state index >= 15 is 0 Å². The van der Waals surface area contributed by atoms with E-state index in [1.807, 2.05) is 32.9 Å². The summed E-state index contributed by atoms with van der Waals surface area (Å²) in [6.07, 6.45) is 0.710. The second kappa shape index (κ2) is 4.77. The van der Waals surface area contributed by atoms with Gasteiger partial charge in [-0.1, -0.05) is 30.7 Å². The molecule has 1 N–H and O–H groups in total. The summed E-state index contributed by atoms with van der Waals surface area (Å²) in [4.78, 5) is 19.3. The van der Waals surface area contributed by atoms with Crippen LogP contribution in [0.2, 0.25) is 0 Å². The molecule has 0 saturated carbocycles. The fourth-order valence-corrected chi connectivity index (χ4v) is 2.23. The highest BCUT2D eigenvalue weighted by molar-refractivity contribution is 5.60. The molecule has 1 aromatic carbocycles. The average molecular weight is 242 g/mol. The summed E-state index contributed by atoms with van der Waals surface area (Å²) in [7, 11) is 0. The van der Waals surface area contributed by atoms with E-state index in [0.29, 0.717) is 12.2 Å². The van der Waals surface area contributed by atoms with Crippen molar-refractivity contribution in [3.63, 3.8) is 0 Å². The number of hydrogen-bond acceptors (Lipinski definition) is 2. The maximum Gasteiger partial charge on any atom is 0.254 e. The summed E-state index contributed by atoms with van der Waals surface area (Å²) in [6, 6.07) is 6.14. The summed E-state index contributed by atoms with van der Waals surface area (Å²) in [5.74, 6) is 0.659. The Balaban J connectivity index is 2.62. The minimum absolute atomic E-state index is 0.0278. The van der Waals surface area contributed by atoms with Crippen molar-refractivity contribution in [3.8, 4) is 11.4 Å². The monoisotopic (exact) mass is 242 g/mol. The molecule has 18 heavy (non-hydrogen) atoms. The average Bonchev–Trinajstić information content (AvgIpc) is 2.28. The van der Waals surface area contributed by atoms with Crippen LogP contribution in [0.1, 0.15) is 29.3 Å². The minimum atomic E-state index is -0.0278. The normalized spacial score (nSPS) is 10.7. The first kappa shape index (κ1) is 12.6. The third kappa shape index (κ3) is 2.21. The molecule has 0 saturated heterocycles. The molecule has 0 bridgehead atoms. The van der Waals surface area contributed by atoms with E-state index in [4.69, 9.17) is 0 Å². The van der Waals surface area contributed by atoms with Gasteiger partial charge in [0.05, 0.1) is 0 Å². The van der Waals surface area contributed by atoms with Crippen molar-refractivity contribution in [3.05, 3.63) is 50.9 Å². The molecule has 0 unspecified atom stereocenters. The summed E-state index contributed by atoms with van der Waals surface area (Å²) in [5, 5.41) is 0. The van der Waals surface area contributed by atoms with E-state index in [1.165, 1.54) is 5.56 Å². The van der Waals surface area contributed by atoms with Crippen molar-refractivity contribution >= 4 is 0 Å². The molecule has 1 aromatic heterocycles. The number of aromatic amines is 1. The largest absolute Gasteiger partial charge is 0.306 e.